The van der Waals surface area contributed by atoms with Crippen LogP contribution < -0.4 is 0 Å². The highest BCUT2D eigenvalue weighted by atomic mass is 16.3. The minimum Gasteiger partial charge on any atom is -0.508 e. The zero-order valence-electron chi connectivity index (χ0n) is 9.63. The van der Waals surface area contributed by atoms with Crippen molar-refractivity contribution in [1.82, 2.24) is 4.90 Å². The molecule has 0 saturated carbocycles. The Labute approximate surface area is 101 Å². The topological polar surface area (TPSA) is 23.5 Å². The Bertz CT molecular complexity index is 522. The molecule has 0 unspecified atom stereocenters. The third-order valence-electron chi connectivity index (χ3n) is 3.23. The number of phenols is 1. The van der Waals surface area contributed by atoms with Crippen molar-refractivity contribution in [2.75, 3.05) is 0 Å². The summed E-state index contributed by atoms with van der Waals surface area (Å²) in [6, 6.07) is 16.2. The number of phenolic OH excluding ortho intramolecular Hbond substituents is 1. The monoisotopic (exact) mass is 225 g/mol. The number of rotatable bonds is 2. The number of aromatic hydroxyl groups is 1. The fraction of sp³-hybridized carbons (Fsp3) is 0.200. The molecule has 0 saturated heterocycles. The van der Waals surface area contributed by atoms with E-state index in [0.29, 0.717) is 5.75 Å². The average Bonchev–Trinajstić information content (AvgIpc) is 2.71. The van der Waals surface area contributed by atoms with Gasteiger partial charge >= 0.3 is 0 Å². The lowest BCUT2D eigenvalue weighted by Gasteiger charge is -2.14. The van der Waals surface area contributed by atoms with Gasteiger partial charge in [0.15, 0.2) is 0 Å². The van der Waals surface area contributed by atoms with E-state index >= 15 is 0 Å². The zero-order valence-corrected chi connectivity index (χ0v) is 9.63. The second-order valence-electron chi connectivity index (χ2n) is 4.58. The van der Waals surface area contributed by atoms with Crippen LogP contribution in [-0.4, -0.2) is 10.0 Å². The van der Waals surface area contributed by atoms with Crippen LogP contribution in [0.15, 0.2) is 48.5 Å². The normalized spacial score (nSPS) is 14.8. The van der Waals surface area contributed by atoms with Gasteiger partial charge in [0.25, 0.3) is 0 Å². The van der Waals surface area contributed by atoms with Crippen molar-refractivity contribution in [3.63, 3.8) is 0 Å². The first-order valence-electron chi connectivity index (χ1n) is 5.88. The van der Waals surface area contributed by atoms with Crippen molar-refractivity contribution < 1.29 is 5.11 Å². The molecule has 0 aliphatic carbocycles. The maximum Gasteiger partial charge on any atom is 0.115 e. The van der Waals surface area contributed by atoms with Crippen LogP contribution in [-0.2, 0) is 19.6 Å². The highest BCUT2D eigenvalue weighted by Gasteiger charge is 2.18. The molecule has 3 rings (SSSR count). The van der Waals surface area contributed by atoms with Gasteiger partial charge in [-0.05, 0) is 28.8 Å². The Morgan fingerprint density at radius 1 is 0.941 bits per heavy atom. The Morgan fingerprint density at radius 2 is 1.71 bits per heavy atom. The number of hydrogen-bond donors (Lipinski definition) is 1. The summed E-state index contributed by atoms with van der Waals surface area (Å²) in [6.07, 6.45) is 0. The number of hydrogen-bond acceptors (Lipinski definition) is 2. The summed E-state index contributed by atoms with van der Waals surface area (Å²) in [5.41, 5.74) is 3.92. The molecular weight excluding hydrogens is 210 g/mol. The summed E-state index contributed by atoms with van der Waals surface area (Å²) in [5, 5.41) is 9.45. The van der Waals surface area contributed by atoms with Crippen LogP contribution in [0.5, 0.6) is 5.75 Å². The van der Waals surface area contributed by atoms with Crippen molar-refractivity contribution in [3.8, 4) is 5.75 Å². The van der Waals surface area contributed by atoms with Gasteiger partial charge < -0.3 is 5.11 Å². The van der Waals surface area contributed by atoms with Crippen LogP contribution >= 0.6 is 0 Å². The Hall–Kier alpha value is -1.80. The van der Waals surface area contributed by atoms with Crippen LogP contribution in [0.2, 0.25) is 0 Å². The summed E-state index contributed by atoms with van der Waals surface area (Å²) in [4.78, 5) is 2.39. The van der Waals surface area contributed by atoms with Crippen molar-refractivity contribution in [1.29, 1.82) is 0 Å². The molecule has 2 heteroatoms. The van der Waals surface area contributed by atoms with Crippen molar-refractivity contribution in [2.24, 2.45) is 0 Å². The Morgan fingerprint density at radius 3 is 2.53 bits per heavy atom. The standard InChI is InChI=1S/C15H15NO/c17-15-7-6-13-10-16(11-14(13)8-15)9-12-4-2-1-3-5-12/h1-8,17H,9-11H2. The highest BCUT2D eigenvalue weighted by molar-refractivity contribution is 5.37. The first kappa shape index (κ1) is 10.4. The molecule has 1 aliphatic heterocycles. The van der Waals surface area contributed by atoms with E-state index in [-0.39, 0.29) is 0 Å². The van der Waals surface area contributed by atoms with Gasteiger partial charge in [-0.2, -0.15) is 0 Å². The largest absolute Gasteiger partial charge is 0.508 e. The smallest absolute Gasteiger partial charge is 0.115 e. The lowest BCUT2D eigenvalue weighted by atomic mass is 10.1. The second-order valence-corrected chi connectivity index (χ2v) is 4.58. The highest BCUT2D eigenvalue weighted by Crippen LogP contribution is 2.27. The molecule has 1 aliphatic rings. The fourth-order valence-electron chi connectivity index (χ4n) is 2.40. The summed E-state index contributed by atoms with van der Waals surface area (Å²) in [6.45, 7) is 2.87. The SMILES string of the molecule is Oc1ccc2c(c1)CN(Cc1ccccc1)C2. The minimum atomic E-state index is 0.366. The molecule has 0 radical (unpaired) electrons. The predicted molar refractivity (Wildman–Crippen MR) is 67.5 cm³/mol. The van der Waals surface area contributed by atoms with Gasteiger partial charge in [0.2, 0.25) is 0 Å². The molecule has 0 spiro atoms. The summed E-state index contributed by atoms with van der Waals surface area (Å²) in [7, 11) is 0. The van der Waals surface area contributed by atoms with Crippen LogP contribution in [0.3, 0.4) is 0 Å². The van der Waals surface area contributed by atoms with Gasteiger partial charge in [-0.3, -0.25) is 4.90 Å². The number of fused-ring (bicyclic) bond motifs is 1. The van der Waals surface area contributed by atoms with Crippen molar-refractivity contribution in [2.45, 2.75) is 19.6 Å². The van der Waals surface area contributed by atoms with E-state index in [1.165, 1.54) is 16.7 Å². The predicted octanol–water partition coefficient (Wildman–Crippen LogP) is 2.91. The third-order valence-corrected chi connectivity index (χ3v) is 3.23. The maximum absolute atomic E-state index is 9.45. The fourth-order valence-corrected chi connectivity index (χ4v) is 2.40. The second kappa shape index (κ2) is 4.22. The van der Waals surface area contributed by atoms with Gasteiger partial charge in [0, 0.05) is 19.6 Å². The molecule has 1 N–H and O–H groups in total. The summed E-state index contributed by atoms with van der Waals surface area (Å²) >= 11 is 0. The molecule has 0 fully saturated rings. The lowest BCUT2D eigenvalue weighted by Crippen LogP contribution is -2.15. The summed E-state index contributed by atoms with van der Waals surface area (Å²) in [5.74, 6) is 0.366. The van der Waals surface area contributed by atoms with Crippen molar-refractivity contribution >= 4 is 0 Å². The minimum absolute atomic E-state index is 0.366. The Balaban J connectivity index is 1.74. The molecule has 0 amide bonds. The third kappa shape index (κ3) is 2.17. The molecule has 86 valence electrons. The van der Waals surface area contributed by atoms with Crippen LogP contribution in [0.25, 0.3) is 0 Å². The van der Waals surface area contributed by atoms with E-state index in [2.05, 4.69) is 29.2 Å². The molecule has 0 atom stereocenters. The van der Waals surface area contributed by atoms with Crippen molar-refractivity contribution in [3.05, 3.63) is 65.2 Å². The molecule has 1 heterocycles. The zero-order chi connectivity index (χ0) is 11.7. The molecular formula is C15H15NO. The molecule has 2 aromatic rings. The quantitative estimate of drug-likeness (QED) is 0.849. The summed E-state index contributed by atoms with van der Waals surface area (Å²) < 4.78 is 0. The lowest BCUT2D eigenvalue weighted by molar-refractivity contribution is 0.275. The number of benzene rings is 2. The van der Waals surface area contributed by atoms with E-state index < -0.39 is 0 Å². The molecule has 17 heavy (non-hydrogen) atoms. The van der Waals surface area contributed by atoms with Gasteiger partial charge in [-0.15, -0.1) is 0 Å². The Kier molecular flexibility index (Phi) is 2.57. The molecule has 0 aromatic heterocycles. The van der Waals surface area contributed by atoms with Crippen LogP contribution in [0.1, 0.15) is 16.7 Å². The van der Waals surface area contributed by atoms with Crippen LogP contribution in [0.4, 0.5) is 0 Å². The molecule has 2 aromatic carbocycles. The first-order chi connectivity index (χ1) is 8.31. The van der Waals surface area contributed by atoms with E-state index in [9.17, 15) is 5.11 Å². The van der Waals surface area contributed by atoms with Gasteiger partial charge in [0.1, 0.15) is 5.75 Å². The van der Waals surface area contributed by atoms with E-state index in [1.807, 2.05) is 18.2 Å². The van der Waals surface area contributed by atoms with E-state index in [0.717, 1.165) is 19.6 Å². The molecule has 0 bridgehead atoms. The van der Waals surface area contributed by atoms with Gasteiger partial charge in [0.05, 0.1) is 0 Å². The maximum atomic E-state index is 9.45. The van der Waals surface area contributed by atoms with Gasteiger partial charge in [-0.1, -0.05) is 36.4 Å². The van der Waals surface area contributed by atoms with Gasteiger partial charge in [-0.25, -0.2) is 0 Å². The average molecular weight is 225 g/mol. The van der Waals surface area contributed by atoms with E-state index in [4.69, 9.17) is 0 Å². The van der Waals surface area contributed by atoms with Crippen LogP contribution in [0, 0.1) is 0 Å². The number of nitrogens with zero attached hydrogens (tertiary/aromatic N) is 1. The first-order valence-corrected chi connectivity index (χ1v) is 5.88. The molecule has 2 nitrogen and oxygen atoms in total. The van der Waals surface area contributed by atoms with E-state index in [1.54, 1.807) is 6.07 Å².